The first-order valence-electron chi connectivity index (χ1n) is 4.56. The van der Waals surface area contributed by atoms with Crippen LogP contribution < -0.4 is 5.73 Å². The minimum Gasteiger partial charge on any atom is -0.396 e. The normalized spacial score (nSPS) is 12.2. The molecule has 1 heterocycles. The van der Waals surface area contributed by atoms with Gasteiger partial charge in [-0.3, -0.25) is 0 Å². The van der Waals surface area contributed by atoms with E-state index in [4.69, 9.17) is 10.8 Å². The van der Waals surface area contributed by atoms with E-state index in [-0.39, 0.29) is 18.0 Å². The molecule has 0 aliphatic carbocycles. The summed E-state index contributed by atoms with van der Waals surface area (Å²) in [6.07, 6.45) is -1.52. The zero-order chi connectivity index (χ0) is 12.2. The largest absolute Gasteiger partial charge is 0.434 e. The average molecular weight is 232 g/mol. The highest BCUT2D eigenvalue weighted by molar-refractivity contribution is 5.54. The number of rotatable bonds is 3. The van der Waals surface area contributed by atoms with E-state index in [0.717, 1.165) is 0 Å². The van der Waals surface area contributed by atoms with Crippen molar-refractivity contribution in [1.29, 1.82) is 0 Å². The summed E-state index contributed by atoms with van der Waals surface area (Å²) in [4.78, 5) is 3.26. The Morgan fingerprint density at radius 2 is 2.06 bits per heavy atom. The van der Waals surface area contributed by atoms with Gasteiger partial charge in [0.25, 0.3) is 0 Å². The van der Waals surface area contributed by atoms with Gasteiger partial charge in [-0.15, -0.1) is 0 Å². The van der Waals surface area contributed by atoms with E-state index in [1.54, 1.807) is 0 Å². The van der Waals surface area contributed by atoms with E-state index in [2.05, 4.69) is 4.98 Å². The molecule has 0 bridgehead atoms. The van der Waals surface area contributed by atoms with Crippen LogP contribution in [0.3, 0.4) is 0 Å². The lowest BCUT2D eigenvalue weighted by atomic mass is 10.1. The van der Waals surface area contributed by atoms with Crippen LogP contribution in [0.25, 0.3) is 6.08 Å². The highest BCUT2D eigenvalue weighted by Crippen LogP contribution is 2.31. The molecule has 0 aromatic carbocycles. The Balaban J connectivity index is 3.08. The second kappa shape index (κ2) is 4.98. The fourth-order valence-corrected chi connectivity index (χ4v) is 1.13. The van der Waals surface area contributed by atoms with Crippen molar-refractivity contribution in [2.75, 3.05) is 12.3 Å². The minimum atomic E-state index is -4.53. The van der Waals surface area contributed by atoms with E-state index < -0.39 is 11.9 Å². The van der Waals surface area contributed by atoms with Gasteiger partial charge in [-0.1, -0.05) is 12.2 Å². The molecule has 1 aromatic heterocycles. The molecule has 0 aliphatic rings. The molecule has 0 radical (unpaired) electrons. The molecule has 0 atom stereocenters. The summed E-state index contributed by atoms with van der Waals surface area (Å²) in [5, 5.41) is 8.51. The van der Waals surface area contributed by atoms with Crippen LogP contribution >= 0.6 is 0 Å². The number of hydrogen-bond acceptors (Lipinski definition) is 3. The van der Waals surface area contributed by atoms with Gasteiger partial charge in [-0.2, -0.15) is 13.2 Å². The van der Waals surface area contributed by atoms with E-state index in [1.807, 2.05) is 0 Å². The summed E-state index contributed by atoms with van der Waals surface area (Å²) in [5.74, 6) is -0.174. The second-order valence-electron chi connectivity index (χ2n) is 3.09. The van der Waals surface area contributed by atoms with Gasteiger partial charge in [0.1, 0.15) is 5.82 Å². The smallest absolute Gasteiger partial charge is 0.396 e. The molecule has 88 valence electrons. The van der Waals surface area contributed by atoms with Crippen LogP contribution in [0.15, 0.2) is 18.2 Å². The molecule has 1 rings (SSSR count). The van der Waals surface area contributed by atoms with Crippen molar-refractivity contribution < 1.29 is 18.3 Å². The van der Waals surface area contributed by atoms with Crippen molar-refractivity contribution in [3.8, 4) is 0 Å². The average Bonchev–Trinajstić information content (AvgIpc) is 2.19. The number of aliphatic hydroxyl groups is 1. The van der Waals surface area contributed by atoms with Crippen LogP contribution in [0.5, 0.6) is 0 Å². The topological polar surface area (TPSA) is 59.1 Å². The quantitative estimate of drug-likeness (QED) is 0.838. The van der Waals surface area contributed by atoms with Gasteiger partial charge in [-0.05, 0) is 18.6 Å². The molecule has 3 N–H and O–H groups in total. The number of pyridine rings is 1. The number of alkyl halides is 3. The Morgan fingerprint density at radius 1 is 1.38 bits per heavy atom. The molecule has 0 unspecified atom stereocenters. The van der Waals surface area contributed by atoms with Crippen molar-refractivity contribution in [3.05, 3.63) is 29.5 Å². The molecular formula is C10H11F3N2O. The summed E-state index contributed by atoms with van der Waals surface area (Å²) >= 11 is 0. The monoisotopic (exact) mass is 232 g/mol. The Hall–Kier alpha value is -1.56. The molecule has 0 fully saturated rings. The second-order valence-corrected chi connectivity index (χ2v) is 3.09. The van der Waals surface area contributed by atoms with Gasteiger partial charge in [0.15, 0.2) is 5.69 Å². The van der Waals surface area contributed by atoms with Gasteiger partial charge < -0.3 is 10.8 Å². The maximum absolute atomic E-state index is 12.5. The van der Waals surface area contributed by atoms with Crippen LogP contribution in [-0.4, -0.2) is 16.7 Å². The van der Waals surface area contributed by atoms with Crippen molar-refractivity contribution >= 4 is 11.9 Å². The van der Waals surface area contributed by atoms with Gasteiger partial charge in [-0.25, -0.2) is 4.98 Å². The van der Waals surface area contributed by atoms with Gasteiger partial charge in [0, 0.05) is 12.2 Å². The lowest BCUT2D eigenvalue weighted by Gasteiger charge is -2.09. The highest BCUT2D eigenvalue weighted by Gasteiger charge is 2.34. The molecule has 0 saturated carbocycles. The zero-order valence-corrected chi connectivity index (χ0v) is 8.33. The number of anilines is 1. The van der Waals surface area contributed by atoms with Crippen LogP contribution in [-0.2, 0) is 6.18 Å². The van der Waals surface area contributed by atoms with Crippen molar-refractivity contribution in [3.63, 3.8) is 0 Å². The van der Waals surface area contributed by atoms with Crippen molar-refractivity contribution in [2.45, 2.75) is 12.6 Å². The van der Waals surface area contributed by atoms with E-state index in [0.29, 0.717) is 6.42 Å². The summed E-state index contributed by atoms with van der Waals surface area (Å²) in [6.45, 7) is -0.111. The maximum atomic E-state index is 12.5. The fraction of sp³-hybridized carbons (Fsp3) is 0.300. The van der Waals surface area contributed by atoms with Crippen LogP contribution in [0.1, 0.15) is 17.7 Å². The maximum Gasteiger partial charge on any atom is 0.434 e. The van der Waals surface area contributed by atoms with Crippen molar-refractivity contribution in [1.82, 2.24) is 4.98 Å². The SMILES string of the molecule is Nc1ccc(C=CCCO)c(C(F)(F)F)n1. The predicted molar refractivity (Wildman–Crippen MR) is 54.4 cm³/mol. The number of aliphatic hydroxyl groups excluding tert-OH is 1. The zero-order valence-electron chi connectivity index (χ0n) is 8.33. The minimum absolute atomic E-state index is 0.0600. The lowest BCUT2D eigenvalue weighted by molar-refractivity contribution is -0.141. The number of nitrogen functional groups attached to an aromatic ring is 1. The first-order chi connectivity index (χ1) is 7.45. The standard InChI is InChI=1S/C10H11F3N2O/c11-10(12,13)9-7(3-1-2-6-16)4-5-8(14)15-9/h1,3-5,16H,2,6H2,(H2,14,15). The summed E-state index contributed by atoms with van der Waals surface area (Å²) in [5.41, 5.74) is 4.13. The number of aromatic nitrogens is 1. The van der Waals surface area contributed by atoms with Crippen LogP contribution in [0.2, 0.25) is 0 Å². The lowest BCUT2D eigenvalue weighted by Crippen LogP contribution is -2.11. The predicted octanol–water partition coefficient (Wildman–Crippen LogP) is 2.08. The third kappa shape index (κ3) is 3.23. The van der Waals surface area contributed by atoms with E-state index >= 15 is 0 Å². The molecular weight excluding hydrogens is 221 g/mol. The fourth-order valence-electron chi connectivity index (χ4n) is 1.13. The van der Waals surface area contributed by atoms with Crippen molar-refractivity contribution in [2.24, 2.45) is 0 Å². The third-order valence-corrected chi connectivity index (χ3v) is 1.81. The van der Waals surface area contributed by atoms with Gasteiger partial charge in [0.2, 0.25) is 0 Å². The molecule has 16 heavy (non-hydrogen) atoms. The molecule has 0 aliphatic heterocycles. The Labute approximate surface area is 90.4 Å². The van der Waals surface area contributed by atoms with Gasteiger partial charge in [0.05, 0.1) is 0 Å². The molecule has 0 spiro atoms. The number of halogens is 3. The van der Waals surface area contributed by atoms with Crippen LogP contribution in [0.4, 0.5) is 19.0 Å². The van der Waals surface area contributed by atoms with E-state index in [9.17, 15) is 13.2 Å². The molecule has 1 aromatic rings. The Kier molecular flexibility index (Phi) is 3.89. The van der Waals surface area contributed by atoms with Crippen LogP contribution in [0, 0.1) is 0 Å². The third-order valence-electron chi connectivity index (χ3n) is 1.81. The summed E-state index contributed by atoms with van der Waals surface area (Å²) in [6, 6.07) is 2.55. The molecule has 6 heteroatoms. The first-order valence-corrected chi connectivity index (χ1v) is 4.56. The number of hydrogen-bond donors (Lipinski definition) is 2. The summed E-state index contributed by atoms with van der Waals surface area (Å²) < 4.78 is 37.6. The highest BCUT2D eigenvalue weighted by atomic mass is 19.4. The molecule has 0 amide bonds. The van der Waals surface area contributed by atoms with E-state index in [1.165, 1.54) is 24.3 Å². The number of nitrogens with zero attached hydrogens (tertiary/aromatic N) is 1. The molecule has 0 saturated heterocycles. The Morgan fingerprint density at radius 3 is 2.62 bits per heavy atom. The number of nitrogens with two attached hydrogens (primary N) is 1. The van der Waals surface area contributed by atoms with Gasteiger partial charge >= 0.3 is 6.18 Å². The Bertz CT molecular complexity index is 388. The summed E-state index contributed by atoms with van der Waals surface area (Å²) in [7, 11) is 0. The molecule has 3 nitrogen and oxygen atoms in total. The first kappa shape index (κ1) is 12.5.